The highest BCUT2D eigenvalue weighted by Gasteiger charge is 2.37. The molecule has 20 heavy (non-hydrogen) atoms. The molecule has 1 aliphatic heterocycles. The Labute approximate surface area is 117 Å². The van der Waals surface area contributed by atoms with Gasteiger partial charge in [-0.3, -0.25) is 4.79 Å². The van der Waals surface area contributed by atoms with Crippen molar-refractivity contribution >= 4 is 11.4 Å². The average molecular weight is 270 g/mol. The minimum Gasteiger partial charge on any atom is -0.507 e. The van der Waals surface area contributed by atoms with Crippen molar-refractivity contribution in [1.29, 1.82) is 0 Å². The lowest BCUT2D eigenvalue weighted by Gasteiger charge is -2.31. The van der Waals surface area contributed by atoms with E-state index in [2.05, 4.69) is 11.5 Å². The van der Waals surface area contributed by atoms with E-state index in [0.29, 0.717) is 17.6 Å². The molecule has 0 atom stereocenters. The first kappa shape index (κ1) is 11.8. The molecule has 104 valence electrons. The van der Waals surface area contributed by atoms with Crippen LogP contribution < -0.4 is 10.5 Å². The van der Waals surface area contributed by atoms with Gasteiger partial charge in [0, 0.05) is 29.6 Å². The number of hydrogen-bond donors (Lipinski definition) is 1. The summed E-state index contributed by atoms with van der Waals surface area (Å²) in [7, 11) is 0. The zero-order valence-electron chi connectivity index (χ0n) is 11.6. The van der Waals surface area contributed by atoms with Gasteiger partial charge in [-0.1, -0.05) is 6.58 Å². The second-order valence-corrected chi connectivity index (χ2v) is 6.07. The van der Waals surface area contributed by atoms with Gasteiger partial charge in [0.25, 0.3) is 5.56 Å². The number of aryl methyl sites for hydroxylation is 1. The molecule has 0 aromatic carbocycles. The maximum atomic E-state index is 12.7. The number of nitrogens with zero attached hydrogens (tertiary/aromatic N) is 2. The fraction of sp³-hybridized carbons (Fsp3) is 0.438. The summed E-state index contributed by atoms with van der Waals surface area (Å²) < 4.78 is 1.84. The molecule has 2 saturated carbocycles. The Morgan fingerprint density at radius 1 is 1.25 bits per heavy atom. The van der Waals surface area contributed by atoms with Crippen LogP contribution in [0.2, 0.25) is 0 Å². The van der Waals surface area contributed by atoms with E-state index >= 15 is 0 Å². The van der Waals surface area contributed by atoms with Gasteiger partial charge in [-0.15, -0.1) is 0 Å². The van der Waals surface area contributed by atoms with Crippen molar-refractivity contribution in [2.24, 2.45) is 0 Å². The van der Waals surface area contributed by atoms with Crippen LogP contribution >= 0.6 is 0 Å². The van der Waals surface area contributed by atoms with Gasteiger partial charge in [0.1, 0.15) is 11.3 Å². The van der Waals surface area contributed by atoms with Crippen molar-refractivity contribution in [1.82, 2.24) is 4.57 Å². The summed E-state index contributed by atoms with van der Waals surface area (Å²) in [4.78, 5) is 14.8. The number of aliphatic hydroxyl groups is 1. The molecule has 4 rings (SSSR count). The van der Waals surface area contributed by atoms with Gasteiger partial charge in [-0.25, -0.2) is 0 Å². The third-order valence-corrected chi connectivity index (χ3v) is 4.37. The minimum atomic E-state index is -0.0607. The Kier molecular flexibility index (Phi) is 2.23. The molecule has 0 unspecified atom stereocenters. The monoisotopic (exact) mass is 270 g/mol. The molecule has 1 aromatic heterocycles. The lowest BCUT2D eigenvalue weighted by atomic mass is 10.0. The number of rotatable bonds is 2. The minimum absolute atomic E-state index is 0.0568. The van der Waals surface area contributed by atoms with Crippen LogP contribution in [-0.2, 0) is 0 Å². The molecule has 0 radical (unpaired) electrons. The Bertz CT molecular complexity index is 706. The third kappa shape index (κ3) is 1.57. The number of aromatic nitrogens is 1. The molecular formula is C16H18N2O2. The molecule has 4 nitrogen and oxygen atoms in total. The van der Waals surface area contributed by atoms with E-state index in [9.17, 15) is 9.90 Å². The van der Waals surface area contributed by atoms with Gasteiger partial charge < -0.3 is 14.6 Å². The van der Waals surface area contributed by atoms with Crippen molar-refractivity contribution < 1.29 is 5.11 Å². The summed E-state index contributed by atoms with van der Waals surface area (Å²) in [6.07, 6.45) is 5.98. The largest absolute Gasteiger partial charge is 0.507 e. The average Bonchev–Trinajstić information content (AvgIpc) is 3.22. The van der Waals surface area contributed by atoms with Gasteiger partial charge >= 0.3 is 0 Å². The Morgan fingerprint density at radius 3 is 2.50 bits per heavy atom. The molecule has 2 heterocycles. The van der Waals surface area contributed by atoms with E-state index in [4.69, 9.17) is 0 Å². The first-order chi connectivity index (χ1) is 9.58. The number of pyridine rings is 1. The van der Waals surface area contributed by atoms with Gasteiger partial charge in [0.05, 0.1) is 5.69 Å². The van der Waals surface area contributed by atoms with Gasteiger partial charge in [0.15, 0.2) is 0 Å². The van der Waals surface area contributed by atoms with Crippen molar-refractivity contribution in [3.8, 4) is 0 Å². The van der Waals surface area contributed by atoms with Crippen molar-refractivity contribution in [2.75, 3.05) is 4.90 Å². The van der Waals surface area contributed by atoms with Gasteiger partial charge in [-0.05, 0) is 38.7 Å². The van der Waals surface area contributed by atoms with Gasteiger partial charge in [0.2, 0.25) is 0 Å². The normalized spacial score (nSPS) is 21.8. The zero-order chi connectivity index (χ0) is 14.0. The zero-order valence-corrected chi connectivity index (χ0v) is 11.6. The Morgan fingerprint density at radius 2 is 1.90 bits per heavy atom. The third-order valence-electron chi connectivity index (χ3n) is 4.37. The lowest BCUT2D eigenvalue weighted by Crippen LogP contribution is -2.34. The van der Waals surface area contributed by atoms with Crippen LogP contribution in [0.25, 0.3) is 5.76 Å². The Hall–Kier alpha value is -1.97. The van der Waals surface area contributed by atoms with Gasteiger partial charge in [-0.2, -0.15) is 0 Å². The summed E-state index contributed by atoms with van der Waals surface area (Å²) in [5.74, 6) is 0.0568. The summed E-state index contributed by atoms with van der Waals surface area (Å²) >= 11 is 0. The van der Waals surface area contributed by atoms with E-state index in [1.807, 2.05) is 17.6 Å². The number of hydrogen-bond acceptors (Lipinski definition) is 3. The molecule has 2 fully saturated rings. The fourth-order valence-corrected chi connectivity index (χ4v) is 3.17. The molecule has 1 aromatic rings. The summed E-state index contributed by atoms with van der Waals surface area (Å²) in [5, 5.41) is 10.2. The van der Waals surface area contributed by atoms with Crippen LogP contribution in [0, 0.1) is 6.92 Å². The molecule has 1 N–H and O–H groups in total. The van der Waals surface area contributed by atoms with Crippen molar-refractivity contribution in [3.63, 3.8) is 0 Å². The lowest BCUT2D eigenvalue weighted by molar-refractivity contribution is 0.505. The molecule has 0 saturated heterocycles. The SMILES string of the molecule is C=C1C=C(O)c2c(cc(C)n(C3CC3)c2=O)N1C1CC1. The molecule has 4 heteroatoms. The standard InChI is InChI=1S/C16H18N2O2/c1-9-7-13-15(16(20)18(9)12-5-6-12)14(19)8-10(2)17(13)11-3-4-11/h7-8,11-12,19H,2-6H2,1H3. The topological polar surface area (TPSA) is 45.5 Å². The van der Waals surface area contributed by atoms with Crippen LogP contribution in [0.1, 0.15) is 43.0 Å². The predicted octanol–water partition coefficient (Wildman–Crippen LogP) is 2.89. The molecule has 3 aliphatic rings. The summed E-state index contributed by atoms with van der Waals surface area (Å²) in [6.45, 7) is 5.99. The molecular weight excluding hydrogens is 252 g/mol. The van der Waals surface area contributed by atoms with Crippen molar-refractivity contribution in [3.05, 3.63) is 46.0 Å². The summed E-state index contributed by atoms with van der Waals surface area (Å²) in [5.41, 5.74) is 2.97. The van der Waals surface area contributed by atoms with E-state index in [0.717, 1.165) is 42.8 Å². The number of aliphatic hydroxyl groups excluding tert-OH is 1. The highest BCUT2D eigenvalue weighted by Crippen LogP contribution is 2.42. The smallest absolute Gasteiger partial charge is 0.264 e. The van der Waals surface area contributed by atoms with E-state index in [-0.39, 0.29) is 11.3 Å². The van der Waals surface area contributed by atoms with Crippen LogP contribution in [0.15, 0.2) is 29.2 Å². The fourth-order valence-electron chi connectivity index (χ4n) is 3.17. The summed E-state index contributed by atoms with van der Waals surface area (Å²) in [6, 6.07) is 2.78. The second kappa shape index (κ2) is 3.78. The highest BCUT2D eigenvalue weighted by molar-refractivity contribution is 5.81. The first-order valence-corrected chi connectivity index (χ1v) is 7.23. The van der Waals surface area contributed by atoms with E-state index < -0.39 is 0 Å². The number of allylic oxidation sites excluding steroid dienone is 1. The molecule has 2 aliphatic carbocycles. The molecule has 0 bridgehead atoms. The molecule has 0 spiro atoms. The van der Waals surface area contributed by atoms with E-state index in [1.54, 1.807) is 6.08 Å². The maximum absolute atomic E-state index is 12.7. The predicted molar refractivity (Wildman–Crippen MR) is 79.0 cm³/mol. The molecule has 0 amide bonds. The quantitative estimate of drug-likeness (QED) is 0.898. The second-order valence-electron chi connectivity index (χ2n) is 6.07. The van der Waals surface area contributed by atoms with E-state index in [1.165, 1.54) is 0 Å². The van der Waals surface area contributed by atoms with Crippen LogP contribution in [0.5, 0.6) is 0 Å². The number of anilines is 1. The highest BCUT2D eigenvalue weighted by atomic mass is 16.3. The van der Waals surface area contributed by atoms with Crippen LogP contribution in [0.4, 0.5) is 5.69 Å². The van der Waals surface area contributed by atoms with Crippen LogP contribution in [-0.4, -0.2) is 15.7 Å². The Balaban J connectivity index is 1.98. The number of fused-ring (bicyclic) bond motifs is 1. The van der Waals surface area contributed by atoms with Crippen molar-refractivity contribution in [2.45, 2.75) is 44.7 Å². The maximum Gasteiger partial charge on any atom is 0.264 e. The first-order valence-electron chi connectivity index (χ1n) is 7.23. The van der Waals surface area contributed by atoms with Crippen LogP contribution in [0.3, 0.4) is 0 Å².